The highest BCUT2D eigenvalue weighted by molar-refractivity contribution is 6.33. The van der Waals surface area contributed by atoms with E-state index >= 15 is 0 Å². The Balaban J connectivity index is 1.91. The molecule has 3 N–H and O–H groups in total. The molecule has 2 aromatic rings. The third kappa shape index (κ3) is 3.72. The standard InChI is InChI=1S/C17H18ClFN4O3/c1-10-2-3-14(13(19)6-10)21-16-15(17(25)22-26-5-4-24)12(18)7-11-8-20-9-23(11)16/h2-3,6-9,15-16,21,24H,4-5H2,1H3,(H,22,25). The second-order valence-electron chi connectivity index (χ2n) is 5.84. The van der Waals surface area contributed by atoms with Crippen molar-refractivity contribution in [1.82, 2.24) is 15.0 Å². The van der Waals surface area contributed by atoms with E-state index in [1.807, 2.05) is 0 Å². The van der Waals surface area contributed by atoms with Crippen LogP contribution in [0.5, 0.6) is 0 Å². The molecule has 1 aliphatic heterocycles. The highest BCUT2D eigenvalue weighted by atomic mass is 35.5. The van der Waals surface area contributed by atoms with Crippen LogP contribution in [0, 0.1) is 18.7 Å². The summed E-state index contributed by atoms with van der Waals surface area (Å²) in [6.07, 6.45) is 4.04. The first kappa shape index (κ1) is 18.4. The Morgan fingerprint density at radius 2 is 2.31 bits per heavy atom. The molecule has 2 heterocycles. The smallest absolute Gasteiger partial charge is 0.256 e. The molecule has 9 heteroatoms. The van der Waals surface area contributed by atoms with Crippen LogP contribution in [0.2, 0.25) is 0 Å². The van der Waals surface area contributed by atoms with Gasteiger partial charge in [-0.15, -0.1) is 0 Å². The molecule has 2 atom stereocenters. The lowest BCUT2D eigenvalue weighted by molar-refractivity contribution is -0.138. The number of aromatic nitrogens is 2. The third-order valence-corrected chi connectivity index (χ3v) is 4.32. The van der Waals surface area contributed by atoms with Crippen LogP contribution in [-0.2, 0) is 9.63 Å². The van der Waals surface area contributed by atoms with Crippen molar-refractivity contribution in [2.75, 3.05) is 18.5 Å². The first-order valence-corrected chi connectivity index (χ1v) is 8.33. The summed E-state index contributed by atoms with van der Waals surface area (Å²) in [4.78, 5) is 21.5. The summed E-state index contributed by atoms with van der Waals surface area (Å²) in [5.74, 6) is -1.84. The number of benzene rings is 1. The van der Waals surface area contributed by atoms with Crippen molar-refractivity contribution in [3.8, 4) is 0 Å². The largest absolute Gasteiger partial charge is 0.394 e. The second kappa shape index (κ2) is 7.86. The normalized spacial score (nSPS) is 18.8. The van der Waals surface area contributed by atoms with Gasteiger partial charge in [-0.1, -0.05) is 17.7 Å². The lowest BCUT2D eigenvalue weighted by Crippen LogP contribution is -2.41. The number of halogens is 2. The number of nitrogens with one attached hydrogen (secondary N) is 2. The molecule has 1 amide bonds. The minimum Gasteiger partial charge on any atom is -0.394 e. The summed E-state index contributed by atoms with van der Waals surface area (Å²) in [6, 6.07) is 4.77. The van der Waals surface area contributed by atoms with Gasteiger partial charge in [-0.2, -0.15) is 0 Å². The molecule has 1 aromatic carbocycles. The Labute approximate surface area is 154 Å². The molecular formula is C17H18ClFN4O3. The quantitative estimate of drug-likeness (QED) is 0.528. The molecule has 1 aromatic heterocycles. The number of aryl methyl sites for hydroxylation is 1. The van der Waals surface area contributed by atoms with Gasteiger partial charge in [-0.05, 0) is 30.7 Å². The van der Waals surface area contributed by atoms with Crippen LogP contribution in [0.25, 0.3) is 6.08 Å². The van der Waals surface area contributed by atoms with Crippen LogP contribution >= 0.6 is 11.6 Å². The van der Waals surface area contributed by atoms with E-state index in [-0.39, 0.29) is 23.9 Å². The lowest BCUT2D eigenvalue weighted by atomic mass is 9.99. The molecule has 3 rings (SSSR count). The van der Waals surface area contributed by atoms with E-state index in [0.717, 1.165) is 5.56 Å². The van der Waals surface area contributed by atoms with Gasteiger partial charge in [0, 0.05) is 5.03 Å². The fraction of sp³-hybridized carbons (Fsp3) is 0.294. The van der Waals surface area contributed by atoms with Crippen LogP contribution in [-0.4, -0.2) is 33.8 Å². The maximum atomic E-state index is 14.3. The molecule has 1 aliphatic rings. The van der Waals surface area contributed by atoms with Crippen LogP contribution in [0.3, 0.4) is 0 Å². The summed E-state index contributed by atoms with van der Waals surface area (Å²) >= 11 is 6.32. The van der Waals surface area contributed by atoms with Crippen LogP contribution < -0.4 is 10.8 Å². The number of hydroxylamine groups is 1. The molecule has 0 saturated carbocycles. The van der Waals surface area contributed by atoms with Crippen molar-refractivity contribution in [2.24, 2.45) is 5.92 Å². The van der Waals surface area contributed by atoms with E-state index in [9.17, 15) is 9.18 Å². The van der Waals surface area contributed by atoms with Crippen LogP contribution in [0.1, 0.15) is 17.4 Å². The van der Waals surface area contributed by atoms with E-state index in [4.69, 9.17) is 21.5 Å². The molecule has 26 heavy (non-hydrogen) atoms. The molecule has 2 unspecified atom stereocenters. The number of imidazole rings is 1. The van der Waals surface area contributed by atoms with Crippen molar-refractivity contribution in [3.63, 3.8) is 0 Å². The monoisotopic (exact) mass is 380 g/mol. The molecule has 0 aliphatic carbocycles. The summed E-state index contributed by atoms with van der Waals surface area (Å²) in [7, 11) is 0. The number of hydrogen-bond acceptors (Lipinski definition) is 5. The Hall–Kier alpha value is -2.42. The first-order valence-electron chi connectivity index (χ1n) is 7.95. The number of aliphatic hydroxyl groups is 1. The van der Waals surface area contributed by atoms with Crippen molar-refractivity contribution in [2.45, 2.75) is 13.1 Å². The molecule has 7 nitrogen and oxygen atoms in total. The van der Waals surface area contributed by atoms with Gasteiger partial charge in [0.25, 0.3) is 5.91 Å². The minimum atomic E-state index is -0.877. The van der Waals surface area contributed by atoms with Crippen LogP contribution in [0.4, 0.5) is 10.1 Å². The minimum absolute atomic E-state index is 0.0548. The Morgan fingerprint density at radius 3 is 3.04 bits per heavy atom. The average Bonchev–Trinajstić information content (AvgIpc) is 3.05. The number of amides is 1. The van der Waals surface area contributed by atoms with Gasteiger partial charge in [-0.25, -0.2) is 14.9 Å². The summed E-state index contributed by atoms with van der Waals surface area (Å²) in [5.41, 5.74) is 3.95. The molecule has 0 spiro atoms. The van der Waals surface area contributed by atoms with Crippen molar-refractivity contribution in [1.29, 1.82) is 0 Å². The van der Waals surface area contributed by atoms with Gasteiger partial charge in [0.15, 0.2) is 0 Å². The zero-order chi connectivity index (χ0) is 18.7. The number of rotatable bonds is 6. The number of carbonyl (C=O) groups is 1. The van der Waals surface area contributed by atoms with E-state index in [1.165, 1.54) is 12.4 Å². The van der Waals surface area contributed by atoms with E-state index < -0.39 is 23.8 Å². The van der Waals surface area contributed by atoms with E-state index in [2.05, 4.69) is 15.8 Å². The van der Waals surface area contributed by atoms with Crippen molar-refractivity contribution in [3.05, 3.63) is 52.8 Å². The average molecular weight is 381 g/mol. The van der Waals surface area contributed by atoms with Crippen molar-refractivity contribution < 1.29 is 19.1 Å². The van der Waals surface area contributed by atoms with Gasteiger partial charge in [0.05, 0.1) is 37.1 Å². The zero-order valence-corrected chi connectivity index (χ0v) is 14.7. The zero-order valence-electron chi connectivity index (χ0n) is 13.9. The maximum absolute atomic E-state index is 14.3. The van der Waals surface area contributed by atoms with E-state index in [1.54, 1.807) is 35.9 Å². The number of hydrogen-bond donors (Lipinski definition) is 3. The SMILES string of the molecule is Cc1ccc(NC2C(C(=O)NOCCO)C(Cl)=Cc3cncn32)c(F)c1. The Bertz CT molecular complexity index is 839. The van der Waals surface area contributed by atoms with Gasteiger partial charge in [0.2, 0.25) is 0 Å². The lowest BCUT2D eigenvalue weighted by Gasteiger charge is -2.32. The predicted octanol–water partition coefficient (Wildman–Crippen LogP) is 2.19. The topological polar surface area (TPSA) is 88.4 Å². The maximum Gasteiger partial charge on any atom is 0.256 e. The number of fused-ring (bicyclic) bond motifs is 1. The summed E-state index contributed by atoms with van der Waals surface area (Å²) < 4.78 is 16.0. The first-order chi connectivity index (χ1) is 12.5. The molecule has 0 bridgehead atoms. The second-order valence-corrected chi connectivity index (χ2v) is 6.28. The molecule has 138 valence electrons. The van der Waals surface area contributed by atoms with Gasteiger partial charge in [0.1, 0.15) is 17.9 Å². The fourth-order valence-electron chi connectivity index (χ4n) is 2.75. The summed E-state index contributed by atoms with van der Waals surface area (Å²) in [5, 5.41) is 12.0. The number of aliphatic hydroxyl groups excluding tert-OH is 1. The highest BCUT2D eigenvalue weighted by Crippen LogP contribution is 2.36. The van der Waals surface area contributed by atoms with Crippen molar-refractivity contribution >= 4 is 29.3 Å². The van der Waals surface area contributed by atoms with Gasteiger partial charge < -0.3 is 15.0 Å². The molecular weight excluding hydrogens is 363 g/mol. The van der Waals surface area contributed by atoms with E-state index in [0.29, 0.717) is 5.69 Å². The number of anilines is 1. The third-order valence-electron chi connectivity index (χ3n) is 3.97. The number of carbonyl (C=O) groups excluding carboxylic acids is 1. The predicted molar refractivity (Wildman–Crippen MR) is 94.5 cm³/mol. The van der Waals surface area contributed by atoms with Gasteiger partial charge in [-0.3, -0.25) is 9.63 Å². The Kier molecular flexibility index (Phi) is 5.55. The number of nitrogens with zero attached hydrogens (tertiary/aromatic N) is 2. The fourth-order valence-corrected chi connectivity index (χ4v) is 3.08. The molecule has 0 fully saturated rings. The summed E-state index contributed by atoms with van der Waals surface area (Å²) in [6.45, 7) is 1.49. The molecule has 0 radical (unpaired) electrons. The molecule has 0 saturated heterocycles. The van der Waals surface area contributed by atoms with Crippen LogP contribution in [0.15, 0.2) is 35.8 Å². The van der Waals surface area contributed by atoms with Gasteiger partial charge >= 0.3 is 0 Å². The highest BCUT2D eigenvalue weighted by Gasteiger charge is 2.37. The Morgan fingerprint density at radius 1 is 1.50 bits per heavy atom.